The summed E-state index contributed by atoms with van der Waals surface area (Å²) in [5, 5.41) is 6.05. The largest absolute Gasteiger partial charge is 0.354 e. The second kappa shape index (κ2) is 8.00. The summed E-state index contributed by atoms with van der Waals surface area (Å²) in [7, 11) is 3.42. The fraction of sp³-hybridized carbons (Fsp3) is 0.467. The van der Waals surface area contributed by atoms with Gasteiger partial charge in [0.15, 0.2) is 0 Å². The summed E-state index contributed by atoms with van der Waals surface area (Å²) in [5.41, 5.74) is 2.47. The second-order valence-corrected chi connectivity index (χ2v) is 5.24. The number of halogens is 1. The number of hydrogen-bond donors (Lipinski definition) is 2. The molecule has 0 spiro atoms. The molecular weight excluding hydrogens is 290 g/mol. The average molecular weight is 312 g/mol. The molecule has 1 atom stereocenters. The lowest BCUT2D eigenvalue weighted by Gasteiger charge is -2.25. The zero-order valence-corrected chi connectivity index (χ0v) is 13.2. The van der Waals surface area contributed by atoms with Gasteiger partial charge in [-0.25, -0.2) is 0 Å². The van der Waals surface area contributed by atoms with Gasteiger partial charge in [0.05, 0.1) is 6.04 Å². The van der Waals surface area contributed by atoms with Gasteiger partial charge in [0.2, 0.25) is 11.8 Å². The van der Waals surface area contributed by atoms with Crippen molar-refractivity contribution in [1.29, 1.82) is 0 Å². The number of nitrogens with one attached hydrogen (secondary N) is 2. The first-order valence-corrected chi connectivity index (χ1v) is 6.86. The van der Waals surface area contributed by atoms with E-state index in [0.29, 0.717) is 25.9 Å². The van der Waals surface area contributed by atoms with Crippen LogP contribution in [-0.2, 0) is 22.6 Å². The van der Waals surface area contributed by atoms with Gasteiger partial charge in [0.1, 0.15) is 0 Å². The Morgan fingerprint density at radius 2 is 1.95 bits per heavy atom. The first kappa shape index (κ1) is 17.5. The van der Waals surface area contributed by atoms with E-state index in [-0.39, 0.29) is 30.3 Å². The Labute approximate surface area is 131 Å². The number of fused-ring (bicyclic) bond motifs is 1. The van der Waals surface area contributed by atoms with Crippen molar-refractivity contribution in [2.75, 3.05) is 20.6 Å². The van der Waals surface area contributed by atoms with Crippen LogP contribution in [0, 0.1) is 0 Å². The van der Waals surface area contributed by atoms with E-state index in [1.54, 1.807) is 14.1 Å². The van der Waals surface area contributed by atoms with Gasteiger partial charge in [0, 0.05) is 33.6 Å². The highest BCUT2D eigenvalue weighted by atomic mass is 35.5. The van der Waals surface area contributed by atoms with Crippen molar-refractivity contribution in [3.63, 3.8) is 0 Å². The van der Waals surface area contributed by atoms with Gasteiger partial charge < -0.3 is 15.5 Å². The van der Waals surface area contributed by atoms with Crippen LogP contribution in [0.4, 0.5) is 0 Å². The summed E-state index contributed by atoms with van der Waals surface area (Å²) in [6, 6.07) is 7.93. The van der Waals surface area contributed by atoms with Crippen LogP contribution in [0.25, 0.3) is 0 Å². The molecule has 2 N–H and O–H groups in total. The summed E-state index contributed by atoms with van der Waals surface area (Å²) in [5.74, 6) is -0.0155. The summed E-state index contributed by atoms with van der Waals surface area (Å²) in [4.78, 5) is 25.0. The lowest BCUT2D eigenvalue weighted by atomic mass is 9.95. The van der Waals surface area contributed by atoms with E-state index in [2.05, 4.69) is 22.8 Å². The molecule has 116 valence electrons. The van der Waals surface area contributed by atoms with E-state index in [1.165, 1.54) is 16.0 Å². The van der Waals surface area contributed by atoms with Gasteiger partial charge in [-0.3, -0.25) is 9.59 Å². The minimum Gasteiger partial charge on any atom is -0.354 e. The second-order valence-electron chi connectivity index (χ2n) is 5.24. The van der Waals surface area contributed by atoms with Crippen LogP contribution in [0.15, 0.2) is 24.3 Å². The zero-order valence-electron chi connectivity index (χ0n) is 12.4. The molecule has 0 saturated heterocycles. The van der Waals surface area contributed by atoms with Crippen molar-refractivity contribution in [2.24, 2.45) is 0 Å². The quantitative estimate of drug-likeness (QED) is 0.861. The third-order valence-corrected chi connectivity index (χ3v) is 3.53. The lowest BCUT2D eigenvalue weighted by Crippen LogP contribution is -2.48. The standard InChI is InChI=1S/C15H21N3O2.ClH/c1-18(2)14(19)7-8-16-15(20)13-9-11-5-3-4-6-12(11)10-17-13;/h3-6,13,17H,7-10H2,1-2H3,(H,16,20);1H. The van der Waals surface area contributed by atoms with Crippen molar-refractivity contribution < 1.29 is 9.59 Å². The Morgan fingerprint density at radius 3 is 2.62 bits per heavy atom. The third kappa shape index (κ3) is 4.72. The number of carbonyl (C=O) groups is 2. The zero-order chi connectivity index (χ0) is 14.5. The van der Waals surface area contributed by atoms with Crippen molar-refractivity contribution in [1.82, 2.24) is 15.5 Å². The molecule has 1 aromatic carbocycles. The molecule has 0 fully saturated rings. The summed E-state index contributed by atoms with van der Waals surface area (Å²) < 4.78 is 0. The van der Waals surface area contributed by atoms with Crippen LogP contribution in [0.5, 0.6) is 0 Å². The Hall–Kier alpha value is -1.59. The molecule has 0 aromatic heterocycles. The van der Waals surface area contributed by atoms with Gasteiger partial charge in [-0.05, 0) is 17.5 Å². The molecule has 1 heterocycles. The molecule has 0 radical (unpaired) electrons. The Morgan fingerprint density at radius 1 is 1.29 bits per heavy atom. The average Bonchev–Trinajstić information content (AvgIpc) is 2.46. The van der Waals surface area contributed by atoms with Crippen molar-refractivity contribution >= 4 is 24.2 Å². The van der Waals surface area contributed by atoms with Crippen molar-refractivity contribution in [2.45, 2.75) is 25.4 Å². The summed E-state index contributed by atoms with van der Waals surface area (Å²) in [6.45, 7) is 1.10. The fourth-order valence-electron chi connectivity index (χ4n) is 2.28. The molecule has 1 aromatic rings. The van der Waals surface area contributed by atoms with Gasteiger partial charge in [-0.15, -0.1) is 12.4 Å². The van der Waals surface area contributed by atoms with Crippen LogP contribution in [0.3, 0.4) is 0 Å². The maximum atomic E-state index is 12.1. The van der Waals surface area contributed by atoms with Crippen LogP contribution >= 0.6 is 12.4 Å². The number of nitrogens with zero attached hydrogens (tertiary/aromatic N) is 1. The summed E-state index contributed by atoms with van der Waals surface area (Å²) in [6.07, 6.45) is 1.03. The minimum atomic E-state index is -0.209. The normalized spacial score (nSPS) is 16.4. The predicted octanol–water partition coefficient (Wildman–Crippen LogP) is 0.717. The van der Waals surface area contributed by atoms with E-state index >= 15 is 0 Å². The SMILES string of the molecule is CN(C)C(=O)CCNC(=O)C1Cc2ccccc2CN1.Cl. The monoisotopic (exact) mass is 311 g/mol. The maximum absolute atomic E-state index is 12.1. The fourth-order valence-corrected chi connectivity index (χ4v) is 2.28. The van der Waals surface area contributed by atoms with E-state index in [1.807, 2.05) is 12.1 Å². The smallest absolute Gasteiger partial charge is 0.237 e. The number of rotatable bonds is 4. The van der Waals surface area contributed by atoms with Crippen molar-refractivity contribution in [3.8, 4) is 0 Å². The number of carbonyl (C=O) groups excluding carboxylic acids is 2. The van der Waals surface area contributed by atoms with Crippen LogP contribution in [-0.4, -0.2) is 43.4 Å². The Bertz CT molecular complexity index is 505. The maximum Gasteiger partial charge on any atom is 0.237 e. The molecular formula is C15H22ClN3O2. The van der Waals surface area contributed by atoms with Crippen LogP contribution in [0.2, 0.25) is 0 Å². The van der Waals surface area contributed by atoms with Gasteiger partial charge >= 0.3 is 0 Å². The highest BCUT2D eigenvalue weighted by Gasteiger charge is 2.23. The molecule has 21 heavy (non-hydrogen) atoms. The van der Waals surface area contributed by atoms with E-state index in [0.717, 1.165) is 0 Å². The van der Waals surface area contributed by atoms with Gasteiger partial charge in [-0.1, -0.05) is 24.3 Å². The van der Waals surface area contributed by atoms with Crippen LogP contribution in [0.1, 0.15) is 17.5 Å². The molecule has 2 amide bonds. The molecule has 0 saturated carbocycles. The Kier molecular flexibility index (Phi) is 6.65. The molecule has 1 unspecified atom stereocenters. The first-order chi connectivity index (χ1) is 9.58. The van der Waals surface area contributed by atoms with Gasteiger partial charge in [0.25, 0.3) is 0 Å². The molecule has 1 aliphatic heterocycles. The third-order valence-electron chi connectivity index (χ3n) is 3.53. The Balaban J connectivity index is 0.00000220. The number of hydrogen-bond acceptors (Lipinski definition) is 3. The number of benzene rings is 1. The minimum absolute atomic E-state index is 0. The van der Waals surface area contributed by atoms with E-state index in [4.69, 9.17) is 0 Å². The first-order valence-electron chi connectivity index (χ1n) is 6.86. The van der Waals surface area contributed by atoms with Gasteiger partial charge in [-0.2, -0.15) is 0 Å². The molecule has 1 aliphatic rings. The number of amides is 2. The highest BCUT2D eigenvalue weighted by molar-refractivity contribution is 5.85. The predicted molar refractivity (Wildman–Crippen MR) is 84.3 cm³/mol. The van der Waals surface area contributed by atoms with E-state index < -0.39 is 0 Å². The topological polar surface area (TPSA) is 61.4 Å². The molecule has 0 bridgehead atoms. The summed E-state index contributed by atoms with van der Waals surface area (Å²) >= 11 is 0. The molecule has 6 heteroatoms. The molecule has 2 rings (SSSR count). The van der Waals surface area contributed by atoms with E-state index in [9.17, 15) is 9.59 Å². The lowest BCUT2D eigenvalue weighted by molar-refractivity contribution is -0.128. The molecule has 5 nitrogen and oxygen atoms in total. The highest BCUT2D eigenvalue weighted by Crippen LogP contribution is 2.16. The van der Waals surface area contributed by atoms with Crippen LogP contribution < -0.4 is 10.6 Å². The van der Waals surface area contributed by atoms with Crippen molar-refractivity contribution in [3.05, 3.63) is 35.4 Å². The molecule has 0 aliphatic carbocycles.